The molecular formula is C14H12ClN3O2. The largest absolute Gasteiger partial charge is 0.409 e. The van der Waals surface area contributed by atoms with Gasteiger partial charge in [-0.2, -0.15) is 0 Å². The number of nitrogens with zero attached hydrogens (tertiary/aromatic N) is 1. The Labute approximate surface area is 120 Å². The summed E-state index contributed by atoms with van der Waals surface area (Å²) in [6.07, 6.45) is 0. The Kier molecular flexibility index (Phi) is 4.22. The quantitative estimate of drug-likeness (QED) is 0.351. The Balaban J connectivity index is 2.32. The van der Waals surface area contributed by atoms with Crippen LogP contribution in [-0.4, -0.2) is 17.0 Å². The summed E-state index contributed by atoms with van der Waals surface area (Å²) in [7, 11) is 0. The van der Waals surface area contributed by atoms with E-state index in [0.29, 0.717) is 21.8 Å². The lowest BCUT2D eigenvalue weighted by Gasteiger charge is -2.10. The van der Waals surface area contributed by atoms with Gasteiger partial charge in [0.1, 0.15) is 0 Å². The van der Waals surface area contributed by atoms with Crippen molar-refractivity contribution in [3.8, 4) is 0 Å². The maximum absolute atomic E-state index is 12.2. The molecule has 2 aromatic rings. The Hall–Kier alpha value is -2.53. The first-order valence-electron chi connectivity index (χ1n) is 5.76. The number of carbonyl (C=O) groups excluding carboxylic acids is 1. The lowest BCUT2D eigenvalue weighted by Crippen LogP contribution is -2.19. The van der Waals surface area contributed by atoms with E-state index < -0.39 is 0 Å². The van der Waals surface area contributed by atoms with Gasteiger partial charge in [-0.05, 0) is 24.3 Å². The molecule has 5 nitrogen and oxygen atoms in total. The van der Waals surface area contributed by atoms with Crippen LogP contribution in [0.5, 0.6) is 0 Å². The van der Waals surface area contributed by atoms with Crippen molar-refractivity contribution in [2.75, 3.05) is 5.32 Å². The monoisotopic (exact) mass is 289 g/mol. The molecule has 6 heteroatoms. The van der Waals surface area contributed by atoms with E-state index in [4.69, 9.17) is 22.5 Å². The molecule has 0 saturated carbocycles. The summed E-state index contributed by atoms with van der Waals surface area (Å²) in [5, 5.41) is 14.7. The summed E-state index contributed by atoms with van der Waals surface area (Å²) in [5.41, 5.74) is 6.78. The van der Waals surface area contributed by atoms with Gasteiger partial charge < -0.3 is 16.3 Å². The minimum atomic E-state index is -0.367. The van der Waals surface area contributed by atoms with Crippen LogP contribution in [-0.2, 0) is 0 Å². The van der Waals surface area contributed by atoms with Gasteiger partial charge in [-0.1, -0.05) is 41.0 Å². The molecule has 0 saturated heterocycles. The third-order valence-corrected chi connectivity index (χ3v) is 3.01. The molecule has 20 heavy (non-hydrogen) atoms. The van der Waals surface area contributed by atoms with E-state index in [2.05, 4.69) is 10.5 Å². The number of para-hydroxylation sites is 1. The van der Waals surface area contributed by atoms with Crippen LogP contribution in [0.4, 0.5) is 5.69 Å². The van der Waals surface area contributed by atoms with Crippen LogP contribution in [0.1, 0.15) is 15.9 Å². The Morgan fingerprint density at radius 2 is 1.70 bits per heavy atom. The molecule has 2 rings (SSSR count). The highest BCUT2D eigenvalue weighted by molar-refractivity contribution is 6.34. The number of hydrogen-bond donors (Lipinski definition) is 3. The molecule has 4 N–H and O–H groups in total. The third-order valence-electron chi connectivity index (χ3n) is 2.68. The standard InChI is InChI=1S/C14H12ClN3O2/c15-11-7-3-1-5-9(11)14(19)17-12-8-4-2-6-10(12)13(16)18-20/h1-8,20H,(H2,16,18)(H,17,19). The Morgan fingerprint density at radius 1 is 1.10 bits per heavy atom. The number of hydrogen-bond acceptors (Lipinski definition) is 3. The van der Waals surface area contributed by atoms with E-state index >= 15 is 0 Å². The third kappa shape index (κ3) is 2.89. The van der Waals surface area contributed by atoms with Crippen molar-refractivity contribution < 1.29 is 10.0 Å². The van der Waals surface area contributed by atoms with Crippen molar-refractivity contribution >= 4 is 29.0 Å². The zero-order chi connectivity index (χ0) is 14.5. The fraction of sp³-hybridized carbons (Fsp3) is 0. The average Bonchev–Trinajstić information content (AvgIpc) is 2.47. The maximum Gasteiger partial charge on any atom is 0.257 e. The van der Waals surface area contributed by atoms with Gasteiger partial charge in [0, 0.05) is 5.56 Å². The van der Waals surface area contributed by atoms with Crippen molar-refractivity contribution in [2.45, 2.75) is 0 Å². The topological polar surface area (TPSA) is 87.7 Å². The molecule has 0 radical (unpaired) electrons. The van der Waals surface area contributed by atoms with Crippen LogP contribution in [0.3, 0.4) is 0 Å². The van der Waals surface area contributed by atoms with E-state index in [9.17, 15) is 4.79 Å². The number of halogens is 1. The molecule has 2 aromatic carbocycles. The number of nitrogens with one attached hydrogen (secondary N) is 1. The molecule has 0 unspecified atom stereocenters. The second kappa shape index (κ2) is 6.08. The first-order chi connectivity index (χ1) is 9.63. The molecule has 0 aliphatic heterocycles. The summed E-state index contributed by atoms with van der Waals surface area (Å²) in [5.74, 6) is -0.450. The zero-order valence-electron chi connectivity index (χ0n) is 10.4. The molecule has 0 aromatic heterocycles. The van der Waals surface area contributed by atoms with Crippen LogP contribution >= 0.6 is 11.6 Å². The van der Waals surface area contributed by atoms with Crippen LogP contribution in [0, 0.1) is 0 Å². The molecular weight excluding hydrogens is 278 g/mol. The first-order valence-corrected chi connectivity index (χ1v) is 6.14. The second-order valence-corrected chi connectivity index (χ2v) is 4.37. The number of rotatable bonds is 3. The van der Waals surface area contributed by atoms with Crippen molar-refractivity contribution in [1.29, 1.82) is 0 Å². The first kappa shape index (κ1) is 13.9. The molecule has 102 valence electrons. The van der Waals surface area contributed by atoms with E-state index in [1.165, 1.54) is 0 Å². The fourth-order valence-corrected chi connectivity index (χ4v) is 1.93. The van der Waals surface area contributed by atoms with Crippen LogP contribution in [0.15, 0.2) is 53.7 Å². The summed E-state index contributed by atoms with van der Waals surface area (Å²) in [6.45, 7) is 0. The highest BCUT2D eigenvalue weighted by Gasteiger charge is 2.13. The molecule has 0 aliphatic rings. The van der Waals surface area contributed by atoms with Gasteiger partial charge >= 0.3 is 0 Å². The van der Waals surface area contributed by atoms with E-state index in [-0.39, 0.29) is 11.7 Å². The van der Waals surface area contributed by atoms with Crippen molar-refractivity contribution in [3.05, 3.63) is 64.7 Å². The number of oxime groups is 1. The van der Waals surface area contributed by atoms with Crippen molar-refractivity contribution in [3.63, 3.8) is 0 Å². The molecule has 0 heterocycles. The van der Waals surface area contributed by atoms with Crippen molar-refractivity contribution in [2.24, 2.45) is 10.9 Å². The van der Waals surface area contributed by atoms with Crippen molar-refractivity contribution in [1.82, 2.24) is 0 Å². The van der Waals surface area contributed by atoms with Gasteiger partial charge in [-0.3, -0.25) is 4.79 Å². The predicted molar refractivity (Wildman–Crippen MR) is 78.4 cm³/mol. The van der Waals surface area contributed by atoms with Crippen LogP contribution in [0.25, 0.3) is 0 Å². The minimum absolute atomic E-state index is 0.0833. The van der Waals surface area contributed by atoms with Gasteiger partial charge in [-0.15, -0.1) is 0 Å². The van der Waals surface area contributed by atoms with Gasteiger partial charge in [-0.25, -0.2) is 0 Å². The summed E-state index contributed by atoms with van der Waals surface area (Å²) >= 11 is 5.97. The lowest BCUT2D eigenvalue weighted by atomic mass is 10.1. The lowest BCUT2D eigenvalue weighted by molar-refractivity contribution is 0.102. The van der Waals surface area contributed by atoms with Gasteiger partial charge in [0.2, 0.25) is 0 Å². The minimum Gasteiger partial charge on any atom is -0.409 e. The van der Waals surface area contributed by atoms with Crippen LogP contribution in [0.2, 0.25) is 5.02 Å². The van der Waals surface area contributed by atoms with Gasteiger partial charge in [0.05, 0.1) is 16.3 Å². The summed E-state index contributed by atoms with van der Waals surface area (Å²) in [6, 6.07) is 13.4. The fourth-order valence-electron chi connectivity index (χ4n) is 1.70. The molecule has 0 bridgehead atoms. The molecule has 0 atom stereocenters. The van der Waals surface area contributed by atoms with Gasteiger partial charge in [0.25, 0.3) is 5.91 Å². The maximum atomic E-state index is 12.2. The summed E-state index contributed by atoms with van der Waals surface area (Å²) in [4.78, 5) is 12.2. The van der Waals surface area contributed by atoms with E-state index in [1.807, 2.05) is 0 Å². The van der Waals surface area contributed by atoms with E-state index in [1.54, 1.807) is 48.5 Å². The second-order valence-electron chi connectivity index (χ2n) is 3.96. The summed E-state index contributed by atoms with van der Waals surface area (Å²) < 4.78 is 0. The Morgan fingerprint density at radius 3 is 2.35 bits per heavy atom. The molecule has 0 fully saturated rings. The number of nitrogens with two attached hydrogens (primary N) is 1. The normalized spacial score (nSPS) is 11.2. The highest BCUT2D eigenvalue weighted by Crippen LogP contribution is 2.19. The highest BCUT2D eigenvalue weighted by atomic mass is 35.5. The number of amides is 1. The van der Waals surface area contributed by atoms with Gasteiger partial charge in [0.15, 0.2) is 5.84 Å². The number of benzene rings is 2. The molecule has 1 amide bonds. The smallest absolute Gasteiger partial charge is 0.257 e. The zero-order valence-corrected chi connectivity index (χ0v) is 11.1. The number of amidine groups is 1. The van der Waals surface area contributed by atoms with E-state index in [0.717, 1.165) is 0 Å². The molecule has 0 spiro atoms. The number of anilines is 1. The average molecular weight is 290 g/mol. The van der Waals surface area contributed by atoms with Crippen LogP contribution < -0.4 is 11.1 Å². The number of carbonyl (C=O) groups is 1. The molecule has 0 aliphatic carbocycles. The Bertz CT molecular complexity index is 671. The SMILES string of the molecule is N/C(=N/O)c1ccccc1NC(=O)c1ccccc1Cl. The predicted octanol–water partition coefficient (Wildman–Crippen LogP) is 2.69.